The summed E-state index contributed by atoms with van der Waals surface area (Å²) in [6, 6.07) is 8.87. The van der Waals surface area contributed by atoms with Crippen molar-refractivity contribution in [1.82, 2.24) is 0 Å². The van der Waals surface area contributed by atoms with E-state index >= 15 is 0 Å². The van der Waals surface area contributed by atoms with Gasteiger partial charge in [0.15, 0.2) is 6.61 Å². The molecule has 1 aromatic rings. The molecular weight excluding hydrogens is 242 g/mol. The lowest BCUT2D eigenvalue weighted by Gasteiger charge is -2.21. The quantitative estimate of drug-likeness (QED) is 0.780. The minimum Gasteiger partial charge on any atom is -0.481 e. The first kappa shape index (κ1) is 13.4. The predicted molar refractivity (Wildman–Crippen MR) is 69.6 cm³/mol. The fourth-order valence-corrected chi connectivity index (χ4v) is 2.22. The summed E-state index contributed by atoms with van der Waals surface area (Å²) in [6.07, 6.45) is 5.39. The zero-order chi connectivity index (χ0) is 13.5. The van der Waals surface area contributed by atoms with Crippen LogP contribution in [0.4, 0.5) is 0 Å². The number of nitriles is 1. The predicted octanol–water partition coefficient (Wildman–Crippen LogP) is 2.81. The van der Waals surface area contributed by atoms with E-state index in [1.807, 2.05) is 6.07 Å². The molecule has 0 spiro atoms. The van der Waals surface area contributed by atoms with Crippen molar-refractivity contribution in [3.63, 3.8) is 0 Å². The van der Waals surface area contributed by atoms with E-state index in [-0.39, 0.29) is 18.7 Å². The van der Waals surface area contributed by atoms with Crippen LogP contribution in [0.1, 0.15) is 37.7 Å². The van der Waals surface area contributed by atoms with Crippen LogP contribution >= 0.6 is 0 Å². The van der Waals surface area contributed by atoms with Crippen LogP contribution in [-0.4, -0.2) is 18.7 Å². The molecule has 19 heavy (non-hydrogen) atoms. The number of rotatable bonds is 4. The normalized spacial score (nSPS) is 15.5. The molecule has 0 N–H and O–H groups in total. The van der Waals surface area contributed by atoms with E-state index in [4.69, 9.17) is 14.7 Å². The van der Waals surface area contributed by atoms with Crippen LogP contribution in [-0.2, 0) is 9.53 Å². The Morgan fingerprint density at radius 2 is 2.00 bits per heavy atom. The average molecular weight is 259 g/mol. The summed E-state index contributed by atoms with van der Waals surface area (Å²) in [4.78, 5) is 11.7. The van der Waals surface area contributed by atoms with Crippen molar-refractivity contribution in [3.05, 3.63) is 29.8 Å². The van der Waals surface area contributed by atoms with Gasteiger partial charge in [-0.3, -0.25) is 0 Å². The fraction of sp³-hybridized carbons (Fsp3) is 0.467. The van der Waals surface area contributed by atoms with E-state index in [0.29, 0.717) is 11.3 Å². The van der Waals surface area contributed by atoms with Crippen LogP contribution in [0.15, 0.2) is 24.3 Å². The Morgan fingerprint density at radius 1 is 1.26 bits per heavy atom. The Labute approximate surface area is 112 Å². The highest BCUT2D eigenvalue weighted by molar-refractivity contribution is 5.71. The van der Waals surface area contributed by atoms with Crippen molar-refractivity contribution in [1.29, 1.82) is 5.26 Å². The van der Waals surface area contributed by atoms with Crippen molar-refractivity contribution in [2.75, 3.05) is 6.61 Å². The Balaban J connectivity index is 1.81. The summed E-state index contributed by atoms with van der Waals surface area (Å²) < 4.78 is 10.7. The maximum atomic E-state index is 11.7. The lowest BCUT2D eigenvalue weighted by Crippen LogP contribution is -2.24. The summed E-state index contributed by atoms with van der Waals surface area (Å²) >= 11 is 0. The van der Waals surface area contributed by atoms with E-state index in [1.54, 1.807) is 24.3 Å². The Bertz CT molecular complexity index is 473. The van der Waals surface area contributed by atoms with Gasteiger partial charge in [0.05, 0.1) is 5.56 Å². The summed E-state index contributed by atoms with van der Waals surface area (Å²) in [5.41, 5.74) is 0.424. The van der Waals surface area contributed by atoms with Gasteiger partial charge >= 0.3 is 5.97 Å². The lowest BCUT2D eigenvalue weighted by molar-refractivity contribution is -0.152. The standard InChI is InChI=1S/C15H17NO3/c16-10-12-6-4-5-9-14(12)18-11-15(17)19-13-7-2-1-3-8-13/h4-6,9,13H,1-3,7-8,11H2. The molecule has 100 valence electrons. The summed E-state index contributed by atoms with van der Waals surface area (Å²) in [7, 11) is 0. The van der Waals surface area contributed by atoms with E-state index < -0.39 is 0 Å². The van der Waals surface area contributed by atoms with Crippen LogP contribution in [0.5, 0.6) is 5.75 Å². The maximum Gasteiger partial charge on any atom is 0.344 e. The van der Waals surface area contributed by atoms with Crippen molar-refractivity contribution < 1.29 is 14.3 Å². The monoisotopic (exact) mass is 259 g/mol. The third-order valence-electron chi connectivity index (χ3n) is 3.20. The Hall–Kier alpha value is -2.02. The molecular formula is C15H17NO3. The van der Waals surface area contributed by atoms with Gasteiger partial charge < -0.3 is 9.47 Å². The molecule has 4 heteroatoms. The Morgan fingerprint density at radius 3 is 2.74 bits per heavy atom. The number of hydrogen-bond acceptors (Lipinski definition) is 4. The first-order valence-corrected chi connectivity index (χ1v) is 6.61. The van der Waals surface area contributed by atoms with Gasteiger partial charge in [-0.1, -0.05) is 18.6 Å². The number of para-hydroxylation sites is 1. The van der Waals surface area contributed by atoms with Crippen molar-refractivity contribution >= 4 is 5.97 Å². The number of carbonyl (C=O) groups excluding carboxylic acids is 1. The number of ether oxygens (including phenoxy) is 2. The zero-order valence-electron chi connectivity index (χ0n) is 10.8. The first-order valence-electron chi connectivity index (χ1n) is 6.61. The topological polar surface area (TPSA) is 59.3 Å². The molecule has 0 amide bonds. The molecule has 0 saturated heterocycles. The third kappa shape index (κ3) is 3.99. The molecule has 1 aliphatic carbocycles. The number of esters is 1. The van der Waals surface area contributed by atoms with E-state index in [1.165, 1.54) is 6.42 Å². The molecule has 0 bridgehead atoms. The van der Waals surface area contributed by atoms with Crippen LogP contribution in [0.3, 0.4) is 0 Å². The molecule has 1 fully saturated rings. The highest BCUT2D eigenvalue weighted by Gasteiger charge is 2.18. The number of benzene rings is 1. The fourth-order valence-electron chi connectivity index (χ4n) is 2.22. The largest absolute Gasteiger partial charge is 0.481 e. The molecule has 1 aromatic carbocycles. The smallest absolute Gasteiger partial charge is 0.344 e. The first-order chi connectivity index (χ1) is 9.29. The zero-order valence-corrected chi connectivity index (χ0v) is 10.8. The number of nitrogens with zero attached hydrogens (tertiary/aromatic N) is 1. The van der Waals surface area contributed by atoms with Crippen LogP contribution in [0.25, 0.3) is 0 Å². The second-order valence-electron chi connectivity index (χ2n) is 4.65. The third-order valence-corrected chi connectivity index (χ3v) is 3.20. The van der Waals surface area contributed by atoms with Gasteiger partial charge in [-0.05, 0) is 37.8 Å². The molecule has 2 rings (SSSR count). The molecule has 4 nitrogen and oxygen atoms in total. The lowest BCUT2D eigenvalue weighted by atomic mass is 9.98. The van der Waals surface area contributed by atoms with Crippen molar-refractivity contribution in [2.45, 2.75) is 38.2 Å². The molecule has 0 aliphatic heterocycles. The van der Waals surface area contributed by atoms with E-state index in [0.717, 1.165) is 25.7 Å². The highest BCUT2D eigenvalue weighted by atomic mass is 16.6. The second kappa shape index (κ2) is 6.79. The molecule has 0 aromatic heterocycles. The molecule has 0 heterocycles. The molecule has 1 saturated carbocycles. The SMILES string of the molecule is N#Cc1ccccc1OCC(=O)OC1CCCCC1. The minimum atomic E-state index is -0.361. The Kier molecular flexibility index (Phi) is 4.79. The van der Waals surface area contributed by atoms with E-state index in [9.17, 15) is 4.79 Å². The van der Waals surface area contributed by atoms with Crippen LogP contribution < -0.4 is 4.74 Å². The summed E-state index contributed by atoms with van der Waals surface area (Å²) in [5, 5.41) is 8.90. The minimum absolute atomic E-state index is 0.0380. The summed E-state index contributed by atoms with van der Waals surface area (Å²) in [6.45, 7) is -0.144. The van der Waals surface area contributed by atoms with Gasteiger partial charge in [0.2, 0.25) is 0 Å². The van der Waals surface area contributed by atoms with E-state index in [2.05, 4.69) is 0 Å². The molecule has 1 aliphatic rings. The highest BCUT2D eigenvalue weighted by Crippen LogP contribution is 2.21. The van der Waals surface area contributed by atoms with Gasteiger partial charge in [-0.25, -0.2) is 4.79 Å². The van der Waals surface area contributed by atoms with Gasteiger partial charge in [-0.15, -0.1) is 0 Å². The maximum absolute atomic E-state index is 11.7. The van der Waals surface area contributed by atoms with Gasteiger partial charge in [0.1, 0.15) is 17.9 Å². The average Bonchev–Trinajstić information content (AvgIpc) is 2.46. The van der Waals surface area contributed by atoms with Crippen molar-refractivity contribution in [3.8, 4) is 11.8 Å². The number of carbonyl (C=O) groups is 1. The van der Waals surface area contributed by atoms with Crippen LogP contribution in [0.2, 0.25) is 0 Å². The summed E-state index contributed by atoms with van der Waals surface area (Å²) in [5.74, 6) is 0.0604. The van der Waals surface area contributed by atoms with Crippen molar-refractivity contribution in [2.24, 2.45) is 0 Å². The molecule has 0 unspecified atom stereocenters. The second-order valence-corrected chi connectivity index (χ2v) is 4.65. The molecule has 0 radical (unpaired) electrons. The number of hydrogen-bond donors (Lipinski definition) is 0. The van der Waals surface area contributed by atoms with Gasteiger partial charge in [-0.2, -0.15) is 5.26 Å². The molecule has 0 atom stereocenters. The van der Waals surface area contributed by atoms with Gasteiger partial charge in [0.25, 0.3) is 0 Å². The van der Waals surface area contributed by atoms with Crippen LogP contribution in [0, 0.1) is 11.3 Å². The van der Waals surface area contributed by atoms with Gasteiger partial charge in [0, 0.05) is 0 Å².